The fourth-order valence-corrected chi connectivity index (χ4v) is 3.16. The summed E-state index contributed by atoms with van der Waals surface area (Å²) in [5.74, 6) is -0.721. The zero-order valence-corrected chi connectivity index (χ0v) is 14.2. The maximum Gasteiger partial charge on any atom is 0.256 e. The maximum atomic E-state index is 13.0. The van der Waals surface area contributed by atoms with Crippen LogP contribution in [0.4, 0.5) is 10.1 Å². The lowest BCUT2D eigenvalue weighted by Gasteiger charge is -2.26. The Morgan fingerprint density at radius 2 is 1.92 bits per heavy atom. The molecule has 132 valence electrons. The number of benzene rings is 1. The van der Waals surface area contributed by atoms with Crippen LogP contribution in [0, 0.1) is 12.7 Å². The predicted octanol–water partition coefficient (Wildman–Crippen LogP) is 2.30. The lowest BCUT2D eigenvalue weighted by atomic mass is 10.1. The smallest absolute Gasteiger partial charge is 0.256 e. The fraction of sp³-hybridized carbons (Fsp3) is 0.368. The van der Waals surface area contributed by atoms with Crippen LogP contribution in [-0.4, -0.2) is 47.1 Å². The van der Waals surface area contributed by atoms with E-state index in [-0.39, 0.29) is 11.7 Å². The summed E-state index contributed by atoms with van der Waals surface area (Å²) in [5, 5.41) is 10.3. The van der Waals surface area contributed by atoms with E-state index in [9.17, 15) is 14.3 Å². The standard InChI is InChI=1S/C19H22FN3O2/c1-14-13-21-8-7-17(14)22-9-2-10-23(12-11-22)19(25)18(24)15-3-5-16(20)6-4-15/h3-8,13,18,24H,2,9-12H2,1H3/t18-/m1/s1. The van der Waals surface area contributed by atoms with Crippen molar-refractivity contribution >= 4 is 11.6 Å². The fourth-order valence-electron chi connectivity index (χ4n) is 3.16. The summed E-state index contributed by atoms with van der Waals surface area (Å²) in [6.45, 7) is 4.71. The number of pyridine rings is 1. The van der Waals surface area contributed by atoms with Crippen molar-refractivity contribution < 1.29 is 14.3 Å². The number of amides is 1. The largest absolute Gasteiger partial charge is 0.378 e. The molecule has 5 nitrogen and oxygen atoms in total. The molecule has 1 amide bonds. The van der Waals surface area contributed by atoms with Crippen molar-refractivity contribution in [2.75, 3.05) is 31.1 Å². The minimum atomic E-state index is -1.25. The van der Waals surface area contributed by atoms with Crippen LogP contribution in [0.1, 0.15) is 23.7 Å². The molecule has 1 saturated heterocycles. The molecule has 1 aliphatic rings. The number of anilines is 1. The topological polar surface area (TPSA) is 56.7 Å². The summed E-state index contributed by atoms with van der Waals surface area (Å²) in [6.07, 6.45) is 3.18. The third-order valence-electron chi connectivity index (χ3n) is 4.56. The van der Waals surface area contributed by atoms with Crippen LogP contribution in [0.5, 0.6) is 0 Å². The summed E-state index contributed by atoms with van der Waals surface area (Å²) in [7, 11) is 0. The normalized spacial score (nSPS) is 16.4. The number of carbonyl (C=O) groups excluding carboxylic acids is 1. The predicted molar refractivity (Wildman–Crippen MR) is 93.7 cm³/mol. The van der Waals surface area contributed by atoms with E-state index in [4.69, 9.17) is 0 Å². The average molecular weight is 343 g/mol. The molecule has 2 heterocycles. The highest BCUT2D eigenvalue weighted by Gasteiger charge is 2.26. The van der Waals surface area contributed by atoms with Crippen molar-refractivity contribution in [1.82, 2.24) is 9.88 Å². The van der Waals surface area contributed by atoms with Gasteiger partial charge in [-0.2, -0.15) is 0 Å². The first-order valence-corrected chi connectivity index (χ1v) is 8.44. The van der Waals surface area contributed by atoms with Gasteiger partial charge in [-0.05, 0) is 42.7 Å². The van der Waals surface area contributed by atoms with Crippen LogP contribution < -0.4 is 4.90 Å². The van der Waals surface area contributed by atoms with Crippen LogP contribution in [0.25, 0.3) is 0 Å². The van der Waals surface area contributed by atoms with E-state index in [0.29, 0.717) is 25.2 Å². The van der Waals surface area contributed by atoms with Crippen LogP contribution in [-0.2, 0) is 4.79 Å². The first-order valence-electron chi connectivity index (χ1n) is 8.44. The van der Waals surface area contributed by atoms with Gasteiger partial charge in [0.25, 0.3) is 5.91 Å². The number of carbonyl (C=O) groups is 1. The quantitative estimate of drug-likeness (QED) is 0.929. The monoisotopic (exact) mass is 343 g/mol. The number of aliphatic hydroxyl groups is 1. The Labute approximate surface area is 146 Å². The molecule has 3 rings (SSSR count). The Morgan fingerprint density at radius 3 is 2.64 bits per heavy atom. The molecule has 25 heavy (non-hydrogen) atoms. The van der Waals surface area contributed by atoms with Gasteiger partial charge >= 0.3 is 0 Å². The Hall–Kier alpha value is -2.47. The summed E-state index contributed by atoms with van der Waals surface area (Å²) in [4.78, 5) is 20.6. The van der Waals surface area contributed by atoms with Gasteiger partial charge in [0.15, 0.2) is 6.10 Å². The van der Waals surface area contributed by atoms with Gasteiger partial charge in [0.2, 0.25) is 0 Å². The number of halogens is 1. The number of aryl methyl sites for hydroxylation is 1. The molecule has 1 aliphatic heterocycles. The molecular formula is C19H22FN3O2. The first kappa shape index (κ1) is 17.4. The van der Waals surface area contributed by atoms with E-state index in [1.807, 2.05) is 19.2 Å². The Kier molecular flexibility index (Phi) is 5.28. The zero-order chi connectivity index (χ0) is 17.8. The van der Waals surface area contributed by atoms with Crippen molar-refractivity contribution in [3.05, 3.63) is 59.7 Å². The highest BCUT2D eigenvalue weighted by atomic mass is 19.1. The number of nitrogens with zero attached hydrogens (tertiary/aromatic N) is 3. The molecule has 1 fully saturated rings. The molecule has 0 spiro atoms. The van der Waals surface area contributed by atoms with Gasteiger partial charge in [-0.3, -0.25) is 9.78 Å². The molecule has 1 atom stereocenters. The Morgan fingerprint density at radius 1 is 1.16 bits per heavy atom. The number of hydrogen-bond donors (Lipinski definition) is 1. The number of aromatic nitrogens is 1. The van der Waals surface area contributed by atoms with Crippen molar-refractivity contribution in [1.29, 1.82) is 0 Å². The first-order chi connectivity index (χ1) is 12.1. The summed E-state index contributed by atoms with van der Waals surface area (Å²) >= 11 is 0. The van der Waals surface area contributed by atoms with Gasteiger partial charge in [-0.15, -0.1) is 0 Å². The lowest BCUT2D eigenvalue weighted by Crippen LogP contribution is -2.38. The number of aliphatic hydroxyl groups excluding tert-OH is 1. The summed E-state index contributed by atoms with van der Waals surface area (Å²) in [5.41, 5.74) is 2.65. The molecule has 0 aliphatic carbocycles. The number of rotatable bonds is 3. The van der Waals surface area contributed by atoms with Crippen LogP contribution in [0.3, 0.4) is 0 Å². The second-order valence-electron chi connectivity index (χ2n) is 6.28. The highest BCUT2D eigenvalue weighted by molar-refractivity contribution is 5.82. The molecule has 0 bridgehead atoms. The van der Waals surface area contributed by atoms with Crippen molar-refractivity contribution in [2.45, 2.75) is 19.4 Å². The van der Waals surface area contributed by atoms with E-state index in [2.05, 4.69) is 9.88 Å². The summed E-state index contributed by atoms with van der Waals surface area (Å²) in [6, 6.07) is 7.38. The van der Waals surface area contributed by atoms with Crippen LogP contribution in [0.2, 0.25) is 0 Å². The Bertz CT molecular complexity index is 736. The number of hydrogen-bond acceptors (Lipinski definition) is 4. The van der Waals surface area contributed by atoms with Gasteiger partial charge in [0.05, 0.1) is 0 Å². The molecular weight excluding hydrogens is 321 g/mol. The van der Waals surface area contributed by atoms with E-state index in [0.717, 1.165) is 24.2 Å². The average Bonchev–Trinajstić information content (AvgIpc) is 2.87. The van der Waals surface area contributed by atoms with Gasteiger partial charge in [-0.25, -0.2) is 4.39 Å². The SMILES string of the molecule is Cc1cnccc1N1CCCN(C(=O)[C@H](O)c2ccc(F)cc2)CC1. The third kappa shape index (κ3) is 3.96. The minimum Gasteiger partial charge on any atom is -0.378 e. The molecule has 2 aromatic rings. The molecule has 1 N–H and O–H groups in total. The molecule has 6 heteroatoms. The Balaban J connectivity index is 1.67. The summed E-state index contributed by atoms with van der Waals surface area (Å²) < 4.78 is 13.0. The highest BCUT2D eigenvalue weighted by Crippen LogP contribution is 2.22. The third-order valence-corrected chi connectivity index (χ3v) is 4.56. The van der Waals surface area contributed by atoms with Crippen LogP contribution >= 0.6 is 0 Å². The second-order valence-corrected chi connectivity index (χ2v) is 6.28. The minimum absolute atomic E-state index is 0.333. The van der Waals surface area contributed by atoms with Gasteiger partial charge in [-0.1, -0.05) is 12.1 Å². The van der Waals surface area contributed by atoms with Crippen molar-refractivity contribution in [2.24, 2.45) is 0 Å². The van der Waals surface area contributed by atoms with Crippen molar-refractivity contribution in [3.63, 3.8) is 0 Å². The van der Waals surface area contributed by atoms with Gasteiger partial charge in [0.1, 0.15) is 5.82 Å². The van der Waals surface area contributed by atoms with E-state index < -0.39 is 6.10 Å². The van der Waals surface area contributed by atoms with E-state index in [1.165, 1.54) is 24.3 Å². The molecule has 1 aromatic heterocycles. The lowest BCUT2D eigenvalue weighted by molar-refractivity contribution is -0.140. The molecule has 0 radical (unpaired) electrons. The molecule has 0 saturated carbocycles. The maximum absolute atomic E-state index is 13.0. The van der Waals surface area contributed by atoms with E-state index in [1.54, 1.807) is 11.1 Å². The van der Waals surface area contributed by atoms with Gasteiger partial charge in [0, 0.05) is 44.3 Å². The zero-order valence-electron chi connectivity index (χ0n) is 14.2. The molecule has 1 aromatic carbocycles. The second kappa shape index (κ2) is 7.61. The van der Waals surface area contributed by atoms with Gasteiger partial charge < -0.3 is 14.9 Å². The van der Waals surface area contributed by atoms with Crippen LogP contribution in [0.15, 0.2) is 42.7 Å². The van der Waals surface area contributed by atoms with Crippen molar-refractivity contribution in [3.8, 4) is 0 Å². The van der Waals surface area contributed by atoms with E-state index >= 15 is 0 Å². The molecule has 0 unspecified atom stereocenters.